The van der Waals surface area contributed by atoms with Crippen LogP contribution in [0.5, 0.6) is 0 Å². The van der Waals surface area contributed by atoms with E-state index >= 15 is 0 Å². The van der Waals surface area contributed by atoms with Gasteiger partial charge in [0.2, 0.25) is 5.91 Å². The number of fused-ring (bicyclic) bond motifs is 1. The van der Waals surface area contributed by atoms with E-state index < -0.39 is 6.04 Å². The van der Waals surface area contributed by atoms with Crippen molar-refractivity contribution in [3.05, 3.63) is 29.6 Å². The van der Waals surface area contributed by atoms with E-state index in [4.69, 9.17) is 5.73 Å². The SMILES string of the molecule is CSCC[C@@H](N)C(=O)Nc1ccc2sccc2c1. The molecule has 1 amide bonds. The molecule has 0 saturated heterocycles. The lowest BCUT2D eigenvalue weighted by Crippen LogP contribution is -2.36. The molecular formula is C13H16N2OS2. The molecule has 0 bridgehead atoms. The maximum Gasteiger partial charge on any atom is 0.241 e. The van der Waals surface area contributed by atoms with E-state index in [0.717, 1.165) is 16.8 Å². The van der Waals surface area contributed by atoms with Crippen LogP contribution in [0.1, 0.15) is 6.42 Å². The fraction of sp³-hybridized carbons (Fsp3) is 0.308. The van der Waals surface area contributed by atoms with Gasteiger partial charge in [0, 0.05) is 10.4 Å². The fourth-order valence-electron chi connectivity index (χ4n) is 1.66. The third-order valence-corrected chi connectivity index (χ3v) is 4.23. The highest BCUT2D eigenvalue weighted by molar-refractivity contribution is 7.98. The largest absolute Gasteiger partial charge is 0.325 e. The summed E-state index contributed by atoms with van der Waals surface area (Å²) in [4.78, 5) is 11.8. The monoisotopic (exact) mass is 280 g/mol. The number of rotatable bonds is 5. The summed E-state index contributed by atoms with van der Waals surface area (Å²) in [5, 5.41) is 6.05. The van der Waals surface area contributed by atoms with E-state index in [0.29, 0.717) is 6.42 Å². The number of carbonyl (C=O) groups excluding carboxylic acids is 1. The first kappa shape index (κ1) is 13.4. The number of anilines is 1. The molecule has 3 N–H and O–H groups in total. The molecule has 2 rings (SSSR count). The van der Waals surface area contributed by atoms with Crippen LogP contribution in [0.15, 0.2) is 29.6 Å². The summed E-state index contributed by atoms with van der Waals surface area (Å²) in [5.74, 6) is 0.789. The molecule has 0 spiro atoms. The quantitative estimate of drug-likeness (QED) is 0.885. The number of amides is 1. The van der Waals surface area contributed by atoms with Crippen molar-refractivity contribution in [1.29, 1.82) is 0 Å². The van der Waals surface area contributed by atoms with Crippen molar-refractivity contribution in [2.24, 2.45) is 5.73 Å². The molecule has 3 nitrogen and oxygen atoms in total. The number of thiophene rings is 1. The predicted molar refractivity (Wildman–Crippen MR) is 81.4 cm³/mol. The van der Waals surface area contributed by atoms with Gasteiger partial charge in [-0.25, -0.2) is 0 Å². The first-order chi connectivity index (χ1) is 8.70. The number of benzene rings is 1. The predicted octanol–water partition coefficient (Wildman–Crippen LogP) is 2.92. The molecule has 0 aliphatic rings. The molecule has 0 saturated carbocycles. The minimum absolute atomic E-state index is 0.112. The van der Waals surface area contributed by atoms with E-state index in [-0.39, 0.29) is 5.91 Å². The molecule has 18 heavy (non-hydrogen) atoms. The number of hydrogen-bond donors (Lipinski definition) is 2. The molecular weight excluding hydrogens is 264 g/mol. The van der Waals surface area contributed by atoms with E-state index in [1.54, 1.807) is 23.1 Å². The maximum absolute atomic E-state index is 11.8. The topological polar surface area (TPSA) is 55.1 Å². The molecule has 1 heterocycles. The van der Waals surface area contributed by atoms with Gasteiger partial charge in [0.05, 0.1) is 6.04 Å². The van der Waals surface area contributed by atoms with Crippen molar-refractivity contribution in [3.8, 4) is 0 Å². The summed E-state index contributed by atoms with van der Waals surface area (Å²) in [7, 11) is 0. The Morgan fingerprint density at radius 3 is 3.11 bits per heavy atom. The third kappa shape index (κ3) is 3.25. The van der Waals surface area contributed by atoms with Gasteiger partial charge >= 0.3 is 0 Å². The Kier molecular flexibility index (Phi) is 4.63. The Balaban J connectivity index is 2.01. The first-order valence-electron chi connectivity index (χ1n) is 5.73. The van der Waals surface area contributed by atoms with Crippen LogP contribution >= 0.6 is 23.1 Å². The van der Waals surface area contributed by atoms with E-state index in [9.17, 15) is 4.79 Å². The molecule has 0 radical (unpaired) electrons. The molecule has 0 unspecified atom stereocenters. The Labute approximate surface area is 115 Å². The zero-order chi connectivity index (χ0) is 13.0. The Morgan fingerprint density at radius 1 is 1.50 bits per heavy atom. The van der Waals surface area contributed by atoms with Gasteiger partial charge in [-0.3, -0.25) is 4.79 Å². The molecule has 96 valence electrons. The Hall–Kier alpha value is -1.04. The molecule has 0 aliphatic heterocycles. The highest BCUT2D eigenvalue weighted by Gasteiger charge is 2.13. The van der Waals surface area contributed by atoms with Gasteiger partial charge in [0.15, 0.2) is 0 Å². The lowest BCUT2D eigenvalue weighted by molar-refractivity contribution is -0.117. The number of thioether (sulfide) groups is 1. The molecule has 0 aliphatic carbocycles. The summed E-state index contributed by atoms with van der Waals surface area (Å²) < 4.78 is 1.22. The van der Waals surface area contributed by atoms with Crippen LogP contribution in [-0.4, -0.2) is 24.0 Å². The zero-order valence-corrected chi connectivity index (χ0v) is 11.8. The molecule has 1 aromatic heterocycles. The minimum atomic E-state index is -0.435. The van der Waals surface area contributed by atoms with Gasteiger partial charge < -0.3 is 11.1 Å². The molecule has 2 aromatic rings. The number of nitrogens with two attached hydrogens (primary N) is 1. The smallest absolute Gasteiger partial charge is 0.241 e. The van der Waals surface area contributed by atoms with Crippen molar-refractivity contribution in [1.82, 2.24) is 0 Å². The normalized spacial score (nSPS) is 12.6. The summed E-state index contributed by atoms with van der Waals surface area (Å²) in [5.41, 5.74) is 6.63. The summed E-state index contributed by atoms with van der Waals surface area (Å²) in [6, 6.07) is 7.52. The third-order valence-electron chi connectivity index (χ3n) is 2.69. The van der Waals surface area contributed by atoms with Crippen LogP contribution in [0.25, 0.3) is 10.1 Å². The van der Waals surface area contributed by atoms with Crippen LogP contribution in [-0.2, 0) is 4.79 Å². The van der Waals surface area contributed by atoms with Gasteiger partial charge in [0.1, 0.15) is 0 Å². The number of carbonyl (C=O) groups is 1. The van der Waals surface area contributed by atoms with Crippen molar-refractivity contribution < 1.29 is 4.79 Å². The molecule has 1 aromatic carbocycles. The van der Waals surface area contributed by atoms with Crippen molar-refractivity contribution in [2.45, 2.75) is 12.5 Å². The highest BCUT2D eigenvalue weighted by atomic mass is 32.2. The summed E-state index contributed by atoms with van der Waals surface area (Å²) >= 11 is 3.39. The maximum atomic E-state index is 11.8. The number of hydrogen-bond acceptors (Lipinski definition) is 4. The van der Waals surface area contributed by atoms with Crippen LogP contribution in [0, 0.1) is 0 Å². The fourth-order valence-corrected chi connectivity index (χ4v) is 2.92. The lowest BCUT2D eigenvalue weighted by Gasteiger charge is -2.11. The average Bonchev–Trinajstić information content (AvgIpc) is 2.83. The molecule has 5 heteroatoms. The van der Waals surface area contributed by atoms with Gasteiger partial charge in [-0.2, -0.15) is 11.8 Å². The van der Waals surface area contributed by atoms with E-state index in [2.05, 4.69) is 5.32 Å². The van der Waals surface area contributed by atoms with Crippen LogP contribution in [0.3, 0.4) is 0 Å². The van der Waals surface area contributed by atoms with Crippen LogP contribution < -0.4 is 11.1 Å². The Morgan fingerprint density at radius 2 is 2.33 bits per heavy atom. The standard InChI is InChI=1S/C13H16N2OS2/c1-17-6-5-11(14)13(16)15-10-2-3-12-9(8-10)4-7-18-12/h2-4,7-8,11H,5-6,14H2,1H3,(H,15,16)/t11-/m1/s1. The van der Waals surface area contributed by atoms with E-state index in [1.165, 1.54) is 4.70 Å². The second kappa shape index (κ2) is 6.22. The van der Waals surface area contributed by atoms with Gasteiger partial charge in [-0.1, -0.05) is 0 Å². The van der Waals surface area contributed by atoms with E-state index in [1.807, 2.05) is 35.9 Å². The first-order valence-corrected chi connectivity index (χ1v) is 8.00. The lowest BCUT2D eigenvalue weighted by atomic mass is 10.2. The summed E-state index contributed by atoms with van der Waals surface area (Å²) in [6.07, 6.45) is 2.71. The van der Waals surface area contributed by atoms with Crippen LogP contribution in [0.2, 0.25) is 0 Å². The second-order valence-electron chi connectivity index (χ2n) is 4.05. The minimum Gasteiger partial charge on any atom is -0.325 e. The van der Waals surface area contributed by atoms with Gasteiger partial charge in [0.25, 0.3) is 0 Å². The van der Waals surface area contributed by atoms with Gasteiger partial charge in [-0.05, 0) is 53.5 Å². The summed E-state index contributed by atoms with van der Waals surface area (Å²) in [6.45, 7) is 0. The average molecular weight is 280 g/mol. The second-order valence-corrected chi connectivity index (χ2v) is 5.98. The van der Waals surface area contributed by atoms with Crippen LogP contribution in [0.4, 0.5) is 5.69 Å². The highest BCUT2D eigenvalue weighted by Crippen LogP contribution is 2.24. The van der Waals surface area contributed by atoms with Crippen molar-refractivity contribution in [3.63, 3.8) is 0 Å². The van der Waals surface area contributed by atoms with Crippen molar-refractivity contribution in [2.75, 3.05) is 17.3 Å². The number of nitrogens with one attached hydrogen (secondary N) is 1. The zero-order valence-electron chi connectivity index (χ0n) is 10.2. The van der Waals surface area contributed by atoms with Crippen molar-refractivity contribution >= 4 is 44.8 Å². The molecule has 1 atom stereocenters. The van der Waals surface area contributed by atoms with Gasteiger partial charge in [-0.15, -0.1) is 11.3 Å². The Bertz CT molecular complexity index is 539. The molecule has 0 fully saturated rings.